The Labute approximate surface area is 128 Å². The van der Waals surface area contributed by atoms with Gasteiger partial charge in [-0.15, -0.1) is 11.6 Å². The van der Waals surface area contributed by atoms with E-state index < -0.39 is 43.3 Å². The van der Waals surface area contributed by atoms with Crippen molar-refractivity contribution < 1.29 is 30.0 Å². The summed E-state index contributed by atoms with van der Waals surface area (Å²) in [7, 11) is 0. The molecule has 0 aliphatic carbocycles. The van der Waals surface area contributed by atoms with Crippen molar-refractivity contribution in [2.45, 2.75) is 50.5 Å². The molecule has 1 unspecified atom stereocenters. The molecule has 5 N–H and O–H groups in total. The second-order valence-corrected chi connectivity index (χ2v) is 5.52. The zero-order chi connectivity index (χ0) is 16.2. The predicted octanol–water partition coefficient (Wildman–Crippen LogP) is -1.55. The highest BCUT2D eigenvalue weighted by Gasteiger charge is 2.47. The Hall–Kier alpha value is -0.640. The summed E-state index contributed by atoms with van der Waals surface area (Å²) < 4.78 is 5.38. The molecule has 0 radical (unpaired) electrons. The molecule has 0 spiro atoms. The predicted molar refractivity (Wildman–Crippen MR) is 74.9 cm³/mol. The highest BCUT2D eigenvalue weighted by atomic mass is 35.5. The van der Waals surface area contributed by atoms with E-state index in [2.05, 4.69) is 5.32 Å². The van der Waals surface area contributed by atoms with E-state index in [0.717, 1.165) is 0 Å². The minimum atomic E-state index is -1.53. The molecular weight excluding hydrogens is 304 g/mol. The van der Waals surface area contributed by atoms with Crippen molar-refractivity contribution in [3.8, 4) is 0 Å². The summed E-state index contributed by atoms with van der Waals surface area (Å²) in [5, 5.41) is 41.3. The number of urea groups is 1. The highest BCUT2D eigenvalue weighted by molar-refractivity contribution is 6.18. The van der Waals surface area contributed by atoms with Crippen molar-refractivity contribution in [3.05, 3.63) is 0 Å². The Morgan fingerprint density at radius 2 is 1.90 bits per heavy atom. The van der Waals surface area contributed by atoms with E-state index in [0.29, 0.717) is 0 Å². The first-order valence-corrected chi connectivity index (χ1v) is 7.31. The number of carbonyl (C=O) groups excluding carboxylic acids is 1. The third-order valence-electron chi connectivity index (χ3n) is 3.30. The summed E-state index contributed by atoms with van der Waals surface area (Å²) >= 11 is 5.51. The molecule has 9 heteroatoms. The van der Waals surface area contributed by atoms with E-state index in [-0.39, 0.29) is 18.5 Å². The molecule has 2 amide bonds. The number of hydrogen-bond acceptors (Lipinski definition) is 6. The van der Waals surface area contributed by atoms with Crippen LogP contribution in [0, 0.1) is 0 Å². The Morgan fingerprint density at radius 1 is 1.29 bits per heavy atom. The van der Waals surface area contributed by atoms with Crippen LogP contribution in [-0.2, 0) is 4.74 Å². The number of nitrogens with one attached hydrogen (secondary N) is 1. The smallest absolute Gasteiger partial charge is 0.319 e. The molecule has 0 aromatic rings. The number of aliphatic hydroxyl groups is 4. The largest absolute Gasteiger partial charge is 0.394 e. The number of alkyl halides is 1. The summed E-state index contributed by atoms with van der Waals surface area (Å²) in [5.41, 5.74) is 0. The molecule has 1 rings (SSSR count). The van der Waals surface area contributed by atoms with Gasteiger partial charge in [0.25, 0.3) is 0 Å². The molecule has 124 valence electrons. The van der Waals surface area contributed by atoms with Crippen molar-refractivity contribution in [1.82, 2.24) is 10.2 Å². The lowest BCUT2D eigenvalue weighted by molar-refractivity contribution is -0.260. The van der Waals surface area contributed by atoms with Gasteiger partial charge in [-0.2, -0.15) is 0 Å². The van der Waals surface area contributed by atoms with E-state index in [4.69, 9.17) is 21.4 Å². The average molecular weight is 327 g/mol. The highest BCUT2D eigenvalue weighted by Crippen LogP contribution is 2.25. The number of rotatable bonds is 5. The lowest BCUT2D eigenvalue weighted by Crippen LogP contribution is -2.66. The van der Waals surface area contributed by atoms with Crippen molar-refractivity contribution >= 4 is 17.6 Å². The quantitative estimate of drug-likeness (QED) is 0.390. The van der Waals surface area contributed by atoms with E-state index in [1.54, 1.807) is 13.8 Å². The van der Waals surface area contributed by atoms with Crippen LogP contribution in [0.5, 0.6) is 0 Å². The summed E-state index contributed by atoms with van der Waals surface area (Å²) in [6.07, 6.45) is -6.72. The molecule has 21 heavy (non-hydrogen) atoms. The molecule has 0 saturated carbocycles. The molecule has 8 nitrogen and oxygen atoms in total. The maximum absolute atomic E-state index is 12.1. The van der Waals surface area contributed by atoms with Gasteiger partial charge in [0.15, 0.2) is 6.23 Å². The third kappa shape index (κ3) is 4.18. The number of aliphatic hydroxyl groups excluding tert-OH is 4. The van der Waals surface area contributed by atoms with Gasteiger partial charge in [-0.3, -0.25) is 4.90 Å². The average Bonchev–Trinajstić information content (AvgIpc) is 2.45. The van der Waals surface area contributed by atoms with Gasteiger partial charge >= 0.3 is 6.03 Å². The number of ether oxygens (including phenoxy) is 1. The van der Waals surface area contributed by atoms with Crippen LogP contribution < -0.4 is 5.32 Å². The van der Waals surface area contributed by atoms with Crippen molar-refractivity contribution in [1.29, 1.82) is 0 Å². The van der Waals surface area contributed by atoms with Crippen LogP contribution in [0.3, 0.4) is 0 Å². The molecule has 1 aliphatic heterocycles. The first-order valence-electron chi connectivity index (χ1n) is 6.77. The minimum Gasteiger partial charge on any atom is -0.394 e. The standard InChI is InChI=1S/C12H23ClN2O6/c1-6(2)15(12(20)14-4-3-13)11-10(19)9(18)8(17)7(5-16)21-11/h6-11,16-19H,3-5H2,1-2H3,(H,14,20)/t7-,8+,9+,10-,11?/m1/s1. The fraction of sp³-hybridized carbons (Fsp3) is 0.917. The van der Waals surface area contributed by atoms with Gasteiger partial charge < -0.3 is 30.5 Å². The van der Waals surface area contributed by atoms with Crippen LogP contribution in [-0.4, -0.2) is 87.1 Å². The van der Waals surface area contributed by atoms with E-state index in [1.165, 1.54) is 4.90 Å². The van der Waals surface area contributed by atoms with E-state index in [9.17, 15) is 20.1 Å². The summed E-state index contributed by atoms with van der Waals surface area (Å²) in [4.78, 5) is 13.3. The van der Waals surface area contributed by atoms with Crippen LogP contribution in [0.15, 0.2) is 0 Å². The molecule has 1 fully saturated rings. The van der Waals surface area contributed by atoms with Gasteiger partial charge in [0, 0.05) is 18.5 Å². The first kappa shape index (κ1) is 18.4. The Balaban J connectivity index is 2.92. The Bertz CT molecular complexity index is 344. The van der Waals surface area contributed by atoms with E-state index in [1.807, 2.05) is 0 Å². The van der Waals surface area contributed by atoms with Crippen molar-refractivity contribution in [2.24, 2.45) is 0 Å². The second-order valence-electron chi connectivity index (χ2n) is 5.14. The zero-order valence-corrected chi connectivity index (χ0v) is 12.8. The van der Waals surface area contributed by atoms with Gasteiger partial charge in [-0.05, 0) is 13.8 Å². The van der Waals surface area contributed by atoms with Gasteiger partial charge in [0.2, 0.25) is 0 Å². The topological polar surface area (TPSA) is 122 Å². The molecular formula is C12H23ClN2O6. The normalized spacial score (nSPS) is 33.0. The first-order chi connectivity index (χ1) is 9.84. The van der Waals surface area contributed by atoms with Crippen LogP contribution in [0.1, 0.15) is 13.8 Å². The summed E-state index contributed by atoms with van der Waals surface area (Å²) in [6.45, 7) is 3.11. The van der Waals surface area contributed by atoms with Crippen LogP contribution in [0.25, 0.3) is 0 Å². The van der Waals surface area contributed by atoms with Crippen molar-refractivity contribution in [3.63, 3.8) is 0 Å². The molecule has 1 aliphatic rings. The summed E-state index contributed by atoms with van der Waals surface area (Å²) in [6, 6.07) is -0.864. The molecule has 1 saturated heterocycles. The number of carbonyl (C=O) groups is 1. The second kappa shape index (κ2) is 8.11. The lowest BCUT2D eigenvalue weighted by atomic mass is 9.97. The van der Waals surface area contributed by atoms with Gasteiger partial charge in [-0.25, -0.2) is 4.79 Å². The fourth-order valence-electron chi connectivity index (χ4n) is 2.20. The summed E-state index contributed by atoms with van der Waals surface area (Å²) in [5.74, 6) is 0.229. The fourth-order valence-corrected chi connectivity index (χ4v) is 2.30. The maximum atomic E-state index is 12.1. The van der Waals surface area contributed by atoms with Crippen LogP contribution in [0.2, 0.25) is 0 Å². The van der Waals surface area contributed by atoms with Gasteiger partial charge in [-0.1, -0.05) is 0 Å². The molecule has 5 atom stereocenters. The Kier molecular flexibility index (Phi) is 7.11. The SMILES string of the molecule is CC(C)N(C(=O)NCCCl)C1O[C@H](CO)[C@H](O)[C@H](O)[C@H]1O. The van der Waals surface area contributed by atoms with E-state index >= 15 is 0 Å². The van der Waals surface area contributed by atoms with Crippen molar-refractivity contribution in [2.75, 3.05) is 19.0 Å². The third-order valence-corrected chi connectivity index (χ3v) is 3.49. The molecule has 0 aromatic carbocycles. The number of amides is 2. The van der Waals surface area contributed by atoms with Gasteiger partial charge in [0.05, 0.1) is 6.61 Å². The zero-order valence-electron chi connectivity index (χ0n) is 12.0. The lowest BCUT2D eigenvalue weighted by Gasteiger charge is -2.45. The monoisotopic (exact) mass is 326 g/mol. The number of hydrogen-bond donors (Lipinski definition) is 5. The number of nitrogens with zero attached hydrogens (tertiary/aromatic N) is 1. The molecule has 1 heterocycles. The Morgan fingerprint density at radius 3 is 2.38 bits per heavy atom. The molecule has 0 aromatic heterocycles. The number of halogens is 1. The van der Waals surface area contributed by atoms with Crippen LogP contribution >= 0.6 is 11.6 Å². The molecule has 0 bridgehead atoms. The maximum Gasteiger partial charge on any atom is 0.319 e. The van der Waals surface area contributed by atoms with Gasteiger partial charge in [0.1, 0.15) is 24.4 Å². The minimum absolute atomic E-state index is 0.229. The van der Waals surface area contributed by atoms with Crippen LogP contribution in [0.4, 0.5) is 4.79 Å².